The summed E-state index contributed by atoms with van der Waals surface area (Å²) in [5, 5.41) is 13.8. The lowest BCUT2D eigenvalue weighted by atomic mass is 10.1. The Labute approximate surface area is 162 Å². The second-order valence-corrected chi connectivity index (χ2v) is 6.02. The zero-order chi connectivity index (χ0) is 19.9. The molecule has 1 aromatic heterocycles. The third-order valence-corrected chi connectivity index (χ3v) is 3.86. The van der Waals surface area contributed by atoms with Crippen LogP contribution in [0.4, 0.5) is 17.2 Å². The summed E-state index contributed by atoms with van der Waals surface area (Å²) in [4.78, 5) is 24.5. The van der Waals surface area contributed by atoms with Gasteiger partial charge in [-0.15, -0.1) is 10.2 Å². The van der Waals surface area contributed by atoms with E-state index >= 15 is 0 Å². The van der Waals surface area contributed by atoms with Crippen LogP contribution in [0.1, 0.15) is 33.3 Å². The van der Waals surface area contributed by atoms with Gasteiger partial charge in [0.15, 0.2) is 11.5 Å². The highest BCUT2D eigenvalue weighted by atomic mass is 16.5. The van der Waals surface area contributed by atoms with Crippen LogP contribution in [-0.4, -0.2) is 28.7 Å². The molecule has 0 unspecified atom stereocenters. The third kappa shape index (κ3) is 4.70. The SMILES string of the molecule is CCOC(=O)c1ccccc1NC(=O)c1ccc(Nc2cccc(C)c2)nn1. The molecule has 3 rings (SSSR count). The summed E-state index contributed by atoms with van der Waals surface area (Å²) >= 11 is 0. The summed E-state index contributed by atoms with van der Waals surface area (Å²) in [5.41, 5.74) is 2.77. The topological polar surface area (TPSA) is 93.2 Å². The molecule has 3 aromatic rings. The minimum atomic E-state index is -0.498. The average Bonchev–Trinajstić information content (AvgIpc) is 2.69. The Bertz CT molecular complexity index is 987. The van der Waals surface area contributed by atoms with Crippen LogP contribution in [0.25, 0.3) is 0 Å². The van der Waals surface area contributed by atoms with Crippen LogP contribution in [0.3, 0.4) is 0 Å². The molecular weight excluding hydrogens is 356 g/mol. The molecule has 0 saturated carbocycles. The van der Waals surface area contributed by atoms with Crippen molar-refractivity contribution in [3.05, 3.63) is 77.5 Å². The quantitative estimate of drug-likeness (QED) is 0.633. The second kappa shape index (κ2) is 8.77. The number of rotatable bonds is 6. The lowest BCUT2D eigenvalue weighted by Crippen LogP contribution is -2.17. The fourth-order valence-corrected chi connectivity index (χ4v) is 2.56. The second-order valence-electron chi connectivity index (χ2n) is 6.02. The molecule has 7 heteroatoms. The molecular formula is C21H20N4O3. The van der Waals surface area contributed by atoms with Gasteiger partial charge in [-0.3, -0.25) is 4.79 Å². The number of amides is 1. The predicted octanol–water partition coefficient (Wildman–Crippen LogP) is 3.96. The van der Waals surface area contributed by atoms with Crippen molar-refractivity contribution < 1.29 is 14.3 Å². The van der Waals surface area contributed by atoms with E-state index in [1.807, 2.05) is 31.2 Å². The van der Waals surface area contributed by atoms with Crippen LogP contribution in [0.15, 0.2) is 60.7 Å². The molecule has 0 aliphatic carbocycles. The lowest BCUT2D eigenvalue weighted by molar-refractivity contribution is 0.0527. The lowest BCUT2D eigenvalue weighted by Gasteiger charge is -2.10. The Morgan fingerprint density at radius 2 is 1.82 bits per heavy atom. The summed E-state index contributed by atoms with van der Waals surface area (Å²) in [6, 6.07) is 17.7. The van der Waals surface area contributed by atoms with E-state index in [2.05, 4.69) is 20.8 Å². The van der Waals surface area contributed by atoms with Crippen LogP contribution >= 0.6 is 0 Å². The van der Waals surface area contributed by atoms with E-state index in [4.69, 9.17) is 4.74 Å². The number of ether oxygens (including phenoxy) is 1. The fourth-order valence-electron chi connectivity index (χ4n) is 2.56. The number of nitrogens with one attached hydrogen (secondary N) is 2. The molecule has 28 heavy (non-hydrogen) atoms. The Hall–Kier alpha value is -3.74. The number of benzene rings is 2. The average molecular weight is 376 g/mol. The maximum atomic E-state index is 12.5. The first kappa shape index (κ1) is 19.0. The van der Waals surface area contributed by atoms with Crippen molar-refractivity contribution in [2.75, 3.05) is 17.2 Å². The smallest absolute Gasteiger partial charge is 0.340 e. The number of anilines is 3. The first-order valence-corrected chi connectivity index (χ1v) is 8.81. The number of carbonyl (C=O) groups excluding carboxylic acids is 2. The molecule has 0 atom stereocenters. The van der Waals surface area contributed by atoms with E-state index < -0.39 is 11.9 Å². The number of para-hydroxylation sites is 1. The van der Waals surface area contributed by atoms with Crippen LogP contribution < -0.4 is 10.6 Å². The first-order valence-electron chi connectivity index (χ1n) is 8.81. The van der Waals surface area contributed by atoms with E-state index in [-0.39, 0.29) is 17.9 Å². The summed E-state index contributed by atoms with van der Waals surface area (Å²) in [6.45, 7) is 3.97. The molecule has 0 bridgehead atoms. The standard InChI is InChI=1S/C21H20N4O3/c1-3-28-21(27)16-9-4-5-10-17(16)23-20(26)18-11-12-19(25-24-18)22-15-8-6-7-14(2)13-15/h4-13H,3H2,1-2H3,(H,22,25)(H,23,26). The van der Waals surface area contributed by atoms with Gasteiger partial charge in [-0.2, -0.15) is 0 Å². The molecule has 2 N–H and O–H groups in total. The van der Waals surface area contributed by atoms with E-state index in [0.717, 1.165) is 11.3 Å². The van der Waals surface area contributed by atoms with Gasteiger partial charge < -0.3 is 15.4 Å². The Balaban J connectivity index is 1.71. The minimum absolute atomic E-state index is 0.133. The summed E-state index contributed by atoms with van der Waals surface area (Å²) in [6.07, 6.45) is 0. The van der Waals surface area contributed by atoms with E-state index in [1.54, 1.807) is 43.3 Å². The number of hydrogen-bond acceptors (Lipinski definition) is 6. The van der Waals surface area contributed by atoms with Crippen molar-refractivity contribution in [1.29, 1.82) is 0 Å². The van der Waals surface area contributed by atoms with Crippen molar-refractivity contribution in [1.82, 2.24) is 10.2 Å². The van der Waals surface area contributed by atoms with Crippen LogP contribution in [0, 0.1) is 6.92 Å². The molecule has 0 saturated heterocycles. The maximum absolute atomic E-state index is 12.5. The van der Waals surface area contributed by atoms with Gasteiger partial charge in [-0.05, 0) is 55.8 Å². The summed E-state index contributed by atoms with van der Waals surface area (Å²) in [7, 11) is 0. The van der Waals surface area contributed by atoms with E-state index in [0.29, 0.717) is 11.5 Å². The van der Waals surface area contributed by atoms with Crippen molar-refractivity contribution >= 4 is 29.1 Å². The molecule has 0 spiro atoms. The van der Waals surface area contributed by atoms with Gasteiger partial charge in [0, 0.05) is 5.69 Å². The largest absolute Gasteiger partial charge is 0.462 e. The van der Waals surface area contributed by atoms with Crippen LogP contribution in [0.2, 0.25) is 0 Å². The number of aromatic nitrogens is 2. The molecule has 0 aliphatic heterocycles. The normalized spacial score (nSPS) is 10.2. The Kier molecular flexibility index (Phi) is 5.96. The number of esters is 1. The van der Waals surface area contributed by atoms with Crippen LogP contribution in [-0.2, 0) is 4.74 Å². The van der Waals surface area contributed by atoms with Gasteiger partial charge in [-0.1, -0.05) is 24.3 Å². The van der Waals surface area contributed by atoms with Crippen LogP contribution in [0.5, 0.6) is 0 Å². The molecule has 1 amide bonds. The van der Waals surface area contributed by atoms with Gasteiger partial charge >= 0.3 is 5.97 Å². The van der Waals surface area contributed by atoms with Crippen molar-refractivity contribution in [2.24, 2.45) is 0 Å². The number of hydrogen-bond donors (Lipinski definition) is 2. The number of aryl methyl sites for hydroxylation is 1. The first-order chi connectivity index (χ1) is 13.6. The van der Waals surface area contributed by atoms with Gasteiger partial charge in [-0.25, -0.2) is 4.79 Å². The Morgan fingerprint density at radius 1 is 1.00 bits per heavy atom. The minimum Gasteiger partial charge on any atom is -0.462 e. The van der Waals surface area contributed by atoms with Gasteiger partial charge in [0.05, 0.1) is 17.9 Å². The summed E-state index contributed by atoms with van der Waals surface area (Å²) < 4.78 is 5.01. The van der Waals surface area contributed by atoms with E-state index in [1.165, 1.54) is 0 Å². The van der Waals surface area contributed by atoms with Gasteiger partial charge in [0.1, 0.15) is 0 Å². The van der Waals surface area contributed by atoms with Gasteiger partial charge in [0.2, 0.25) is 0 Å². The summed E-state index contributed by atoms with van der Waals surface area (Å²) in [5.74, 6) is -0.442. The van der Waals surface area contributed by atoms with E-state index in [9.17, 15) is 9.59 Å². The molecule has 1 heterocycles. The monoisotopic (exact) mass is 376 g/mol. The van der Waals surface area contributed by atoms with Crippen molar-refractivity contribution in [3.8, 4) is 0 Å². The zero-order valence-corrected chi connectivity index (χ0v) is 15.6. The third-order valence-electron chi connectivity index (χ3n) is 3.86. The van der Waals surface area contributed by atoms with Gasteiger partial charge in [0.25, 0.3) is 5.91 Å². The fraction of sp³-hybridized carbons (Fsp3) is 0.143. The molecule has 142 valence electrons. The molecule has 0 fully saturated rings. The number of carbonyl (C=O) groups is 2. The Morgan fingerprint density at radius 3 is 2.54 bits per heavy atom. The molecule has 2 aromatic carbocycles. The highest BCUT2D eigenvalue weighted by Crippen LogP contribution is 2.18. The van der Waals surface area contributed by atoms with Crippen molar-refractivity contribution in [2.45, 2.75) is 13.8 Å². The highest BCUT2D eigenvalue weighted by molar-refractivity contribution is 6.07. The predicted molar refractivity (Wildman–Crippen MR) is 107 cm³/mol. The zero-order valence-electron chi connectivity index (χ0n) is 15.6. The maximum Gasteiger partial charge on any atom is 0.340 e. The highest BCUT2D eigenvalue weighted by Gasteiger charge is 2.15. The molecule has 7 nitrogen and oxygen atoms in total. The molecule has 0 aliphatic rings. The number of nitrogens with zero attached hydrogens (tertiary/aromatic N) is 2. The molecule has 0 radical (unpaired) electrons. The van der Waals surface area contributed by atoms with Crippen molar-refractivity contribution in [3.63, 3.8) is 0 Å².